The highest BCUT2D eigenvalue weighted by atomic mass is 35.5. The molecular formula is C22H21ClN4O2S. The molecule has 6 nitrogen and oxygen atoms in total. The molecule has 1 heterocycles. The van der Waals surface area contributed by atoms with Crippen LogP contribution in [0.15, 0.2) is 72.4 Å². The van der Waals surface area contributed by atoms with Crippen molar-refractivity contribution < 1.29 is 9.59 Å². The number of amides is 1. The second kappa shape index (κ2) is 10.2. The van der Waals surface area contributed by atoms with Crippen molar-refractivity contribution in [3.05, 3.63) is 89.2 Å². The first kappa shape index (κ1) is 21.8. The second-order valence-corrected chi connectivity index (χ2v) is 7.84. The van der Waals surface area contributed by atoms with Gasteiger partial charge in [0.25, 0.3) is 5.91 Å². The van der Waals surface area contributed by atoms with Gasteiger partial charge >= 0.3 is 0 Å². The third-order valence-corrected chi connectivity index (χ3v) is 5.63. The lowest BCUT2D eigenvalue weighted by Gasteiger charge is -2.15. The van der Waals surface area contributed by atoms with Gasteiger partial charge < -0.3 is 9.88 Å². The first-order chi connectivity index (χ1) is 14.5. The van der Waals surface area contributed by atoms with Gasteiger partial charge in [0.05, 0.1) is 22.4 Å². The number of benzene rings is 2. The maximum atomic E-state index is 12.6. The minimum atomic E-state index is -0.416. The fourth-order valence-electron chi connectivity index (χ4n) is 2.85. The number of nitrogens with zero attached hydrogens (tertiary/aromatic N) is 3. The monoisotopic (exact) mass is 440 g/mol. The molecule has 30 heavy (non-hydrogen) atoms. The zero-order valence-electron chi connectivity index (χ0n) is 16.4. The van der Waals surface area contributed by atoms with Crippen LogP contribution in [0.3, 0.4) is 0 Å². The van der Waals surface area contributed by atoms with E-state index < -0.39 is 6.04 Å². The maximum Gasteiger partial charge on any atom is 0.253 e. The van der Waals surface area contributed by atoms with Gasteiger partial charge in [-0.1, -0.05) is 71.9 Å². The van der Waals surface area contributed by atoms with Crippen molar-refractivity contribution in [3.63, 3.8) is 0 Å². The highest BCUT2D eigenvalue weighted by Gasteiger charge is 2.21. The average Bonchev–Trinajstić information content (AvgIpc) is 3.16. The SMILES string of the molecule is C=CCn1c(SCC(=O)c2ccccc2)nnc1[C@H](C)NC(=O)c1ccccc1Cl. The fourth-order valence-corrected chi connectivity index (χ4v) is 3.92. The Morgan fingerprint density at radius 3 is 2.57 bits per heavy atom. The predicted octanol–water partition coefficient (Wildman–Crippen LogP) is 4.58. The number of halogens is 1. The number of nitrogens with one attached hydrogen (secondary N) is 1. The summed E-state index contributed by atoms with van der Waals surface area (Å²) in [5, 5.41) is 12.3. The van der Waals surface area contributed by atoms with E-state index in [0.717, 1.165) is 0 Å². The minimum absolute atomic E-state index is 0.00961. The van der Waals surface area contributed by atoms with E-state index in [0.29, 0.717) is 33.7 Å². The zero-order chi connectivity index (χ0) is 21.5. The number of allylic oxidation sites excluding steroid dienone is 1. The van der Waals surface area contributed by atoms with E-state index >= 15 is 0 Å². The molecule has 0 bridgehead atoms. The summed E-state index contributed by atoms with van der Waals surface area (Å²) in [6.07, 6.45) is 1.72. The van der Waals surface area contributed by atoms with Crippen LogP contribution in [0.5, 0.6) is 0 Å². The molecule has 0 unspecified atom stereocenters. The van der Waals surface area contributed by atoms with Gasteiger partial charge in [-0.05, 0) is 19.1 Å². The number of thioether (sulfide) groups is 1. The third kappa shape index (κ3) is 5.17. The molecule has 0 aliphatic rings. The Kier molecular flexibility index (Phi) is 7.43. The molecule has 0 saturated heterocycles. The van der Waals surface area contributed by atoms with Crippen LogP contribution < -0.4 is 5.32 Å². The highest BCUT2D eigenvalue weighted by molar-refractivity contribution is 7.99. The Bertz CT molecular complexity index is 1050. The minimum Gasteiger partial charge on any atom is -0.342 e. The summed E-state index contributed by atoms with van der Waals surface area (Å²) < 4.78 is 1.84. The van der Waals surface area contributed by atoms with Crippen molar-refractivity contribution in [2.24, 2.45) is 0 Å². The number of ketones is 1. The van der Waals surface area contributed by atoms with Crippen molar-refractivity contribution in [3.8, 4) is 0 Å². The van der Waals surface area contributed by atoms with Crippen molar-refractivity contribution in [1.29, 1.82) is 0 Å². The molecule has 1 N–H and O–H groups in total. The van der Waals surface area contributed by atoms with E-state index in [-0.39, 0.29) is 17.4 Å². The summed E-state index contributed by atoms with van der Waals surface area (Å²) in [5.41, 5.74) is 1.05. The molecule has 3 rings (SSSR count). The Balaban J connectivity index is 1.73. The molecule has 1 atom stereocenters. The molecule has 0 spiro atoms. The van der Waals surface area contributed by atoms with Crippen molar-refractivity contribution in [1.82, 2.24) is 20.1 Å². The molecule has 0 fully saturated rings. The standard InChI is InChI=1S/C22H21ClN4O2S/c1-3-13-27-20(15(2)24-21(29)17-11-7-8-12-18(17)23)25-26-22(27)30-14-19(28)16-9-5-4-6-10-16/h3-12,15H,1,13-14H2,2H3,(H,24,29)/t15-/m0/s1. The van der Waals surface area contributed by atoms with Gasteiger partial charge in [0.2, 0.25) is 0 Å². The summed E-state index contributed by atoms with van der Waals surface area (Å²) in [7, 11) is 0. The van der Waals surface area contributed by atoms with Gasteiger partial charge in [0.15, 0.2) is 16.8 Å². The van der Waals surface area contributed by atoms with Gasteiger partial charge in [0.1, 0.15) is 0 Å². The van der Waals surface area contributed by atoms with Crippen molar-refractivity contribution >= 4 is 35.1 Å². The lowest BCUT2D eigenvalue weighted by Crippen LogP contribution is -2.29. The summed E-state index contributed by atoms with van der Waals surface area (Å²) in [5.74, 6) is 0.523. The molecule has 8 heteroatoms. The largest absolute Gasteiger partial charge is 0.342 e. The summed E-state index contributed by atoms with van der Waals surface area (Å²) >= 11 is 7.42. The van der Waals surface area contributed by atoms with Crippen LogP contribution in [0, 0.1) is 0 Å². The number of aromatic nitrogens is 3. The molecular weight excluding hydrogens is 420 g/mol. The van der Waals surface area contributed by atoms with Crippen LogP contribution >= 0.6 is 23.4 Å². The summed E-state index contributed by atoms with van der Waals surface area (Å²) in [6.45, 7) is 6.06. The van der Waals surface area contributed by atoms with E-state index in [1.165, 1.54) is 11.8 Å². The predicted molar refractivity (Wildman–Crippen MR) is 119 cm³/mol. The van der Waals surface area contributed by atoms with Gasteiger partial charge in [-0.2, -0.15) is 0 Å². The highest BCUT2D eigenvalue weighted by Crippen LogP contribution is 2.23. The Morgan fingerprint density at radius 2 is 1.87 bits per heavy atom. The Labute approximate surface area is 184 Å². The van der Waals surface area contributed by atoms with Gasteiger partial charge in [-0.25, -0.2) is 0 Å². The summed E-state index contributed by atoms with van der Waals surface area (Å²) in [4.78, 5) is 25.0. The molecule has 1 aromatic heterocycles. The molecule has 0 saturated carbocycles. The molecule has 3 aromatic rings. The maximum absolute atomic E-state index is 12.6. The van der Waals surface area contributed by atoms with Crippen LogP contribution in [-0.4, -0.2) is 32.2 Å². The molecule has 0 radical (unpaired) electrons. The fraction of sp³-hybridized carbons (Fsp3) is 0.182. The molecule has 0 aliphatic heterocycles. The molecule has 1 amide bonds. The topological polar surface area (TPSA) is 76.9 Å². The number of carbonyl (C=O) groups is 2. The Hall–Kier alpha value is -2.90. The van der Waals surface area contributed by atoms with E-state index in [1.807, 2.05) is 29.7 Å². The van der Waals surface area contributed by atoms with Gasteiger partial charge in [-0.3, -0.25) is 9.59 Å². The number of hydrogen-bond donors (Lipinski definition) is 1. The normalized spacial score (nSPS) is 11.7. The van der Waals surface area contributed by atoms with Crippen molar-refractivity contribution in [2.45, 2.75) is 24.7 Å². The second-order valence-electron chi connectivity index (χ2n) is 6.49. The third-order valence-electron chi connectivity index (χ3n) is 4.34. The molecule has 154 valence electrons. The van der Waals surface area contributed by atoms with E-state index in [4.69, 9.17) is 11.6 Å². The van der Waals surface area contributed by atoms with Crippen LogP contribution in [0.25, 0.3) is 0 Å². The van der Waals surface area contributed by atoms with E-state index in [1.54, 1.807) is 42.5 Å². The summed E-state index contributed by atoms with van der Waals surface area (Å²) in [6, 6.07) is 15.5. The van der Waals surface area contributed by atoms with Crippen LogP contribution in [-0.2, 0) is 6.54 Å². The smallest absolute Gasteiger partial charge is 0.253 e. The lowest BCUT2D eigenvalue weighted by molar-refractivity contribution is 0.0937. The molecule has 0 aliphatic carbocycles. The Morgan fingerprint density at radius 1 is 1.17 bits per heavy atom. The van der Waals surface area contributed by atoms with Crippen LogP contribution in [0.2, 0.25) is 5.02 Å². The van der Waals surface area contributed by atoms with E-state index in [2.05, 4.69) is 22.1 Å². The number of Topliss-reactive ketones (excluding diaryl/α,β-unsaturated/α-hetero) is 1. The van der Waals surface area contributed by atoms with E-state index in [9.17, 15) is 9.59 Å². The van der Waals surface area contributed by atoms with Gasteiger partial charge in [0, 0.05) is 12.1 Å². The quantitative estimate of drug-likeness (QED) is 0.299. The van der Waals surface area contributed by atoms with Crippen LogP contribution in [0.4, 0.5) is 0 Å². The number of hydrogen-bond acceptors (Lipinski definition) is 5. The van der Waals surface area contributed by atoms with Crippen molar-refractivity contribution in [2.75, 3.05) is 5.75 Å². The average molecular weight is 441 g/mol. The van der Waals surface area contributed by atoms with Gasteiger partial charge in [-0.15, -0.1) is 16.8 Å². The zero-order valence-corrected chi connectivity index (χ0v) is 18.0. The number of rotatable bonds is 9. The number of carbonyl (C=O) groups excluding carboxylic acids is 2. The first-order valence-electron chi connectivity index (χ1n) is 9.31. The lowest BCUT2D eigenvalue weighted by atomic mass is 10.2. The molecule has 2 aromatic carbocycles. The van der Waals surface area contributed by atoms with Crippen LogP contribution in [0.1, 0.15) is 39.5 Å². The first-order valence-corrected chi connectivity index (χ1v) is 10.7.